The van der Waals surface area contributed by atoms with Gasteiger partial charge in [0.1, 0.15) is 11.6 Å². The zero-order valence-corrected chi connectivity index (χ0v) is 19.9. The number of fused-ring (bicyclic) bond motifs is 3. The highest BCUT2D eigenvalue weighted by Gasteiger charge is 2.50. The quantitative estimate of drug-likeness (QED) is 0.482. The summed E-state index contributed by atoms with van der Waals surface area (Å²) < 4.78 is 15.0. The molecule has 176 valence electrons. The molecule has 2 aromatic heterocycles. The summed E-state index contributed by atoms with van der Waals surface area (Å²) in [6.45, 7) is 4.12. The molecule has 0 amide bonds. The van der Waals surface area contributed by atoms with Crippen LogP contribution >= 0.6 is 0 Å². The minimum absolute atomic E-state index is 0.124. The summed E-state index contributed by atoms with van der Waals surface area (Å²) in [4.78, 5) is 14.6. The van der Waals surface area contributed by atoms with E-state index in [0.29, 0.717) is 41.4 Å². The predicted molar refractivity (Wildman–Crippen MR) is 131 cm³/mol. The van der Waals surface area contributed by atoms with Crippen LogP contribution < -0.4 is 0 Å². The van der Waals surface area contributed by atoms with Gasteiger partial charge in [-0.05, 0) is 62.3 Å². The summed E-state index contributed by atoms with van der Waals surface area (Å²) in [5.41, 5.74) is 4.69. The van der Waals surface area contributed by atoms with Crippen LogP contribution in [0, 0.1) is 29.0 Å². The molecule has 1 fully saturated rings. The number of nitrogens with zero attached hydrogens (tertiary/aromatic N) is 4. The fourth-order valence-electron chi connectivity index (χ4n) is 6.19. The molecule has 0 saturated heterocycles. The van der Waals surface area contributed by atoms with Gasteiger partial charge in [0.05, 0.1) is 23.0 Å². The molecule has 6 rings (SSSR count). The molecule has 1 N–H and O–H groups in total. The van der Waals surface area contributed by atoms with Gasteiger partial charge >= 0.3 is 0 Å². The fraction of sp³-hybridized carbons (Fsp3) is 0.379. The molecule has 3 aliphatic rings. The van der Waals surface area contributed by atoms with Crippen molar-refractivity contribution in [3.05, 3.63) is 76.7 Å². The molecule has 6 heteroatoms. The van der Waals surface area contributed by atoms with Crippen molar-refractivity contribution in [3.8, 4) is 28.7 Å². The largest absolute Gasteiger partial charge is 0.511 e. The van der Waals surface area contributed by atoms with Crippen molar-refractivity contribution >= 4 is 0 Å². The van der Waals surface area contributed by atoms with Gasteiger partial charge in [0.25, 0.3) is 0 Å². The van der Waals surface area contributed by atoms with Gasteiger partial charge < -0.3 is 5.11 Å². The highest BCUT2D eigenvalue weighted by molar-refractivity contribution is 5.69. The van der Waals surface area contributed by atoms with E-state index in [1.165, 1.54) is 18.9 Å². The average molecular weight is 467 g/mol. The van der Waals surface area contributed by atoms with Gasteiger partial charge in [-0.2, -0.15) is 5.26 Å². The summed E-state index contributed by atoms with van der Waals surface area (Å²) in [5, 5.41) is 20.4. The molecule has 3 aromatic rings. The zero-order valence-electron chi connectivity index (χ0n) is 19.9. The third-order valence-corrected chi connectivity index (χ3v) is 8.26. The number of hydrogen-bond acceptors (Lipinski definition) is 5. The lowest BCUT2D eigenvalue weighted by atomic mass is 9.56. The van der Waals surface area contributed by atoms with Gasteiger partial charge in [0, 0.05) is 45.8 Å². The third kappa shape index (κ3) is 3.44. The van der Waals surface area contributed by atoms with Crippen molar-refractivity contribution in [2.75, 3.05) is 0 Å². The standard InChI is InChI=1S/C29H27FN4O/c1-16-22-11-10-21-25(20-5-3-4-6-23(20)30)33-28(18-9-12-24(32-15-18)17-7-8-17)34-27(21)29(22,2)13-19(14-31)26(16)35/h3-6,9,12,15-17,22,35H,7-8,10-11,13H2,1-2H3/t16-,22-,29-/m1/s1. The lowest BCUT2D eigenvalue weighted by Crippen LogP contribution is -2.45. The zero-order chi connectivity index (χ0) is 24.3. The first kappa shape index (κ1) is 21.9. The van der Waals surface area contributed by atoms with Crippen molar-refractivity contribution in [1.82, 2.24) is 15.0 Å². The van der Waals surface area contributed by atoms with E-state index in [1.54, 1.807) is 12.1 Å². The molecule has 0 bridgehead atoms. The molecule has 0 aliphatic heterocycles. The van der Waals surface area contributed by atoms with E-state index in [1.807, 2.05) is 31.3 Å². The lowest BCUT2D eigenvalue weighted by Gasteiger charge is -2.48. The number of nitriles is 1. The molecular weight excluding hydrogens is 439 g/mol. The first-order valence-electron chi connectivity index (χ1n) is 12.4. The van der Waals surface area contributed by atoms with E-state index in [9.17, 15) is 10.4 Å². The summed E-state index contributed by atoms with van der Waals surface area (Å²) >= 11 is 0. The third-order valence-electron chi connectivity index (χ3n) is 8.26. The molecule has 5 nitrogen and oxygen atoms in total. The smallest absolute Gasteiger partial charge is 0.161 e. The fourth-order valence-corrected chi connectivity index (χ4v) is 6.19. The van der Waals surface area contributed by atoms with Crippen LogP contribution in [0.2, 0.25) is 0 Å². The Labute approximate surface area is 204 Å². The average Bonchev–Trinajstić information content (AvgIpc) is 3.72. The van der Waals surface area contributed by atoms with Crippen LogP contribution in [0.15, 0.2) is 53.9 Å². The van der Waals surface area contributed by atoms with E-state index in [2.05, 4.69) is 18.0 Å². The van der Waals surface area contributed by atoms with Gasteiger partial charge in [-0.3, -0.25) is 4.98 Å². The number of aliphatic hydroxyl groups is 1. The van der Waals surface area contributed by atoms with E-state index in [0.717, 1.165) is 28.9 Å². The van der Waals surface area contributed by atoms with E-state index >= 15 is 4.39 Å². The van der Waals surface area contributed by atoms with Crippen molar-refractivity contribution in [2.24, 2.45) is 11.8 Å². The molecule has 1 aromatic carbocycles. The summed E-state index contributed by atoms with van der Waals surface area (Å²) in [5.74, 6) is 0.923. The number of benzene rings is 1. The van der Waals surface area contributed by atoms with Crippen molar-refractivity contribution < 1.29 is 9.50 Å². The van der Waals surface area contributed by atoms with Gasteiger partial charge in [0.2, 0.25) is 0 Å². The van der Waals surface area contributed by atoms with Crippen LogP contribution in [0.3, 0.4) is 0 Å². The first-order chi connectivity index (χ1) is 16.9. The number of rotatable bonds is 3. The van der Waals surface area contributed by atoms with Crippen molar-refractivity contribution in [2.45, 2.75) is 57.3 Å². The number of hydrogen-bond donors (Lipinski definition) is 1. The molecule has 2 heterocycles. The number of aromatic nitrogens is 3. The number of pyridine rings is 1. The molecule has 3 atom stereocenters. The Morgan fingerprint density at radius 1 is 1.11 bits per heavy atom. The molecule has 0 radical (unpaired) electrons. The summed E-state index contributed by atoms with van der Waals surface area (Å²) in [6, 6.07) is 13.0. The minimum Gasteiger partial charge on any atom is -0.511 e. The molecular formula is C29H27FN4O. The predicted octanol–water partition coefficient (Wildman–Crippen LogP) is 6.42. The van der Waals surface area contributed by atoms with Crippen LogP contribution in [0.5, 0.6) is 0 Å². The Kier molecular flexibility index (Phi) is 5.00. The highest BCUT2D eigenvalue weighted by atomic mass is 19.1. The Morgan fingerprint density at radius 3 is 2.60 bits per heavy atom. The van der Waals surface area contributed by atoms with Gasteiger partial charge in [-0.15, -0.1) is 0 Å². The van der Waals surface area contributed by atoms with Gasteiger partial charge in [-0.25, -0.2) is 14.4 Å². The SMILES string of the molecule is C[C@H]1C(O)=C(C#N)C[C@@]2(C)c3nc(-c4ccc(C5CC5)nc4)nc(-c4ccccc4F)c3CC[C@H]12. The summed E-state index contributed by atoms with van der Waals surface area (Å²) in [7, 11) is 0. The molecule has 1 saturated carbocycles. The van der Waals surface area contributed by atoms with Gasteiger partial charge in [0.15, 0.2) is 5.82 Å². The number of halogens is 1. The van der Waals surface area contributed by atoms with Crippen molar-refractivity contribution in [1.29, 1.82) is 5.26 Å². The highest BCUT2D eigenvalue weighted by Crippen LogP contribution is 2.54. The molecule has 35 heavy (non-hydrogen) atoms. The van der Waals surface area contributed by atoms with E-state index in [4.69, 9.17) is 9.97 Å². The van der Waals surface area contributed by atoms with Crippen LogP contribution in [-0.4, -0.2) is 20.1 Å². The lowest BCUT2D eigenvalue weighted by molar-refractivity contribution is 0.136. The number of allylic oxidation sites excluding steroid dienone is 2. The second kappa shape index (κ2) is 7.98. The van der Waals surface area contributed by atoms with Gasteiger partial charge in [-0.1, -0.05) is 26.0 Å². The van der Waals surface area contributed by atoms with E-state index in [-0.39, 0.29) is 23.4 Å². The Hall–Kier alpha value is -3.59. The summed E-state index contributed by atoms with van der Waals surface area (Å²) in [6.07, 6.45) is 6.09. The van der Waals surface area contributed by atoms with Crippen LogP contribution in [-0.2, 0) is 11.8 Å². The Balaban J connectivity index is 1.57. The minimum atomic E-state index is -0.469. The molecule has 0 spiro atoms. The van der Waals surface area contributed by atoms with E-state index < -0.39 is 5.41 Å². The maximum atomic E-state index is 15.0. The maximum absolute atomic E-state index is 15.0. The molecule has 3 aliphatic carbocycles. The monoisotopic (exact) mass is 466 g/mol. The van der Waals surface area contributed by atoms with Crippen LogP contribution in [0.25, 0.3) is 22.6 Å². The second-order valence-electron chi connectivity index (χ2n) is 10.5. The second-order valence-corrected chi connectivity index (χ2v) is 10.5. The Bertz CT molecular complexity index is 1400. The van der Waals surface area contributed by atoms with Crippen LogP contribution in [0.4, 0.5) is 4.39 Å². The topological polar surface area (TPSA) is 82.7 Å². The molecule has 0 unspecified atom stereocenters. The van der Waals surface area contributed by atoms with Crippen molar-refractivity contribution in [3.63, 3.8) is 0 Å². The number of aliphatic hydroxyl groups excluding tert-OH is 1. The Morgan fingerprint density at radius 2 is 1.91 bits per heavy atom. The van der Waals surface area contributed by atoms with Crippen LogP contribution in [0.1, 0.15) is 62.4 Å². The first-order valence-corrected chi connectivity index (χ1v) is 12.4. The maximum Gasteiger partial charge on any atom is 0.161 e. The normalized spacial score (nSPS) is 25.5.